The van der Waals surface area contributed by atoms with E-state index in [4.69, 9.17) is 21.8 Å². The van der Waals surface area contributed by atoms with Crippen LogP contribution in [0.1, 0.15) is 0 Å². The Hall–Kier alpha value is -1.84. The predicted octanol–water partition coefficient (Wildman–Crippen LogP) is 1.01. The Labute approximate surface area is 110 Å². The number of nitrogens with one attached hydrogen (secondary N) is 1. The number of rotatable bonds is 2. The van der Waals surface area contributed by atoms with E-state index in [1.54, 1.807) is 0 Å². The molecule has 18 heavy (non-hydrogen) atoms. The topological polar surface area (TPSA) is 112 Å². The second kappa shape index (κ2) is 4.44. The molecule has 1 aromatic carbocycles. The smallest absolute Gasteiger partial charge is 0.187 e. The highest BCUT2D eigenvalue weighted by molar-refractivity contribution is 9.10. The van der Waals surface area contributed by atoms with Gasteiger partial charge in [0, 0.05) is 0 Å². The zero-order chi connectivity index (χ0) is 13.4. The van der Waals surface area contributed by atoms with Gasteiger partial charge in [-0.3, -0.25) is 10.6 Å². The molecule has 0 saturated heterocycles. The molecule has 0 saturated carbocycles. The summed E-state index contributed by atoms with van der Waals surface area (Å²) in [5.41, 5.74) is 11.2. The van der Waals surface area contributed by atoms with Crippen LogP contribution in [0.25, 0.3) is 0 Å². The zero-order valence-corrected chi connectivity index (χ0v) is 10.5. The van der Waals surface area contributed by atoms with Crippen molar-refractivity contribution in [2.75, 3.05) is 5.06 Å². The molecule has 9 heteroatoms. The van der Waals surface area contributed by atoms with Gasteiger partial charge in [0.25, 0.3) is 0 Å². The van der Waals surface area contributed by atoms with Crippen molar-refractivity contribution in [3.8, 4) is 0 Å². The van der Waals surface area contributed by atoms with Gasteiger partial charge in [0.15, 0.2) is 11.5 Å². The molecule has 0 aliphatic carbocycles. The lowest BCUT2D eigenvalue weighted by molar-refractivity contribution is -0.304. The summed E-state index contributed by atoms with van der Waals surface area (Å²) in [6.07, 6.45) is 0. The molecule has 1 aromatic rings. The predicted molar refractivity (Wildman–Crippen MR) is 64.4 cm³/mol. The van der Waals surface area contributed by atoms with Crippen molar-refractivity contribution in [2.24, 2.45) is 11.5 Å². The molecule has 6 N–H and O–H groups in total. The molecule has 0 amide bonds. The minimum atomic E-state index is -0.458. The van der Waals surface area contributed by atoms with Crippen LogP contribution in [0.15, 0.2) is 34.2 Å². The number of hydroxylamine groups is 3. The second-order valence-corrected chi connectivity index (χ2v) is 4.25. The highest BCUT2D eigenvalue weighted by atomic mass is 79.9. The van der Waals surface area contributed by atoms with Gasteiger partial charge in [-0.05, 0) is 34.1 Å². The summed E-state index contributed by atoms with van der Waals surface area (Å²) in [6, 6.07) is 3.97. The number of anilines is 1. The van der Waals surface area contributed by atoms with E-state index in [-0.39, 0.29) is 21.2 Å². The van der Waals surface area contributed by atoms with Crippen LogP contribution in [0.5, 0.6) is 0 Å². The van der Waals surface area contributed by atoms with E-state index in [1.807, 2.05) is 0 Å². The van der Waals surface area contributed by atoms with Crippen LogP contribution < -0.4 is 16.5 Å². The van der Waals surface area contributed by atoms with E-state index in [9.17, 15) is 9.60 Å². The highest BCUT2D eigenvalue weighted by Gasteiger charge is 2.32. The van der Waals surface area contributed by atoms with E-state index in [0.29, 0.717) is 5.69 Å². The van der Waals surface area contributed by atoms with Crippen LogP contribution in [0, 0.1) is 11.2 Å². The third-order valence-electron chi connectivity index (χ3n) is 2.20. The number of benzene rings is 1. The van der Waals surface area contributed by atoms with E-state index in [1.165, 1.54) is 18.2 Å². The first-order valence-corrected chi connectivity index (χ1v) is 5.47. The normalized spacial score (nSPS) is 15.5. The van der Waals surface area contributed by atoms with Crippen LogP contribution >= 0.6 is 15.9 Å². The second-order valence-electron chi connectivity index (χ2n) is 3.39. The Morgan fingerprint density at radius 2 is 2.17 bits per heavy atom. The first-order chi connectivity index (χ1) is 8.41. The molecule has 0 aromatic heterocycles. The SMILES string of the molecule is N=C(N)C1=C(N)N(O)ON1c1ccc(F)c(Br)c1. The maximum Gasteiger partial charge on any atom is 0.187 e. The molecule has 1 aliphatic heterocycles. The fourth-order valence-electron chi connectivity index (χ4n) is 1.39. The molecule has 1 heterocycles. The largest absolute Gasteiger partial charge is 0.382 e. The third kappa shape index (κ3) is 1.98. The number of nitrogens with zero attached hydrogens (tertiary/aromatic N) is 2. The molecule has 7 nitrogen and oxygen atoms in total. The molecule has 0 fully saturated rings. The van der Waals surface area contributed by atoms with Gasteiger partial charge in [-0.15, -0.1) is 4.94 Å². The molecule has 0 radical (unpaired) electrons. The Morgan fingerprint density at radius 1 is 1.50 bits per heavy atom. The van der Waals surface area contributed by atoms with Crippen molar-refractivity contribution in [1.29, 1.82) is 5.41 Å². The van der Waals surface area contributed by atoms with Gasteiger partial charge >= 0.3 is 0 Å². The van der Waals surface area contributed by atoms with Gasteiger partial charge in [-0.25, -0.2) is 4.39 Å². The average molecular weight is 318 g/mol. The molecule has 0 spiro atoms. The minimum absolute atomic E-state index is 0.0315. The Kier molecular flexibility index (Phi) is 3.11. The number of hydrogen-bond donors (Lipinski definition) is 4. The van der Waals surface area contributed by atoms with E-state index < -0.39 is 11.7 Å². The summed E-state index contributed by atoms with van der Waals surface area (Å²) in [6.45, 7) is 0. The number of nitrogens with two attached hydrogens (primary N) is 2. The molecular formula is C9H9BrFN5O2. The summed E-state index contributed by atoms with van der Waals surface area (Å²) in [5.74, 6) is -1.09. The summed E-state index contributed by atoms with van der Waals surface area (Å²) >= 11 is 3.01. The first-order valence-electron chi connectivity index (χ1n) is 4.68. The van der Waals surface area contributed by atoms with Gasteiger partial charge in [0.2, 0.25) is 0 Å². The van der Waals surface area contributed by atoms with Crippen LogP contribution in [-0.4, -0.2) is 16.3 Å². The van der Waals surface area contributed by atoms with Crippen molar-refractivity contribution >= 4 is 27.5 Å². The monoisotopic (exact) mass is 317 g/mol. The lowest BCUT2D eigenvalue weighted by atomic mass is 10.3. The standard InChI is InChI=1S/C9H9BrFN5O2/c10-5-3-4(1-2-6(5)11)15-7(8(12)13)9(14)16(17)18-15/h1-3,17H,14H2,(H3,12,13). The maximum atomic E-state index is 13.1. The fourth-order valence-corrected chi connectivity index (χ4v) is 1.76. The summed E-state index contributed by atoms with van der Waals surface area (Å²) < 4.78 is 13.3. The van der Waals surface area contributed by atoms with Gasteiger partial charge in [-0.1, -0.05) is 5.23 Å². The van der Waals surface area contributed by atoms with Crippen molar-refractivity contribution < 1.29 is 14.5 Å². The average Bonchev–Trinajstić information content (AvgIpc) is 2.59. The number of hydrogen-bond acceptors (Lipinski definition) is 6. The van der Waals surface area contributed by atoms with Gasteiger partial charge in [-0.2, -0.15) is 5.06 Å². The lowest BCUT2D eigenvalue weighted by Crippen LogP contribution is -2.28. The summed E-state index contributed by atoms with van der Waals surface area (Å²) in [4.78, 5) is 4.89. The quantitative estimate of drug-likeness (QED) is 0.478. The van der Waals surface area contributed by atoms with Crippen LogP contribution in [0.3, 0.4) is 0 Å². The minimum Gasteiger partial charge on any atom is -0.382 e. The van der Waals surface area contributed by atoms with Crippen molar-refractivity contribution in [3.63, 3.8) is 0 Å². The maximum absolute atomic E-state index is 13.1. The van der Waals surface area contributed by atoms with Crippen LogP contribution in [0.2, 0.25) is 0 Å². The highest BCUT2D eigenvalue weighted by Crippen LogP contribution is 2.30. The molecule has 1 aliphatic rings. The lowest BCUT2D eigenvalue weighted by Gasteiger charge is -2.18. The fraction of sp³-hybridized carbons (Fsp3) is 0. The Bertz CT molecular complexity index is 550. The molecule has 0 bridgehead atoms. The van der Waals surface area contributed by atoms with Crippen LogP contribution in [0.4, 0.5) is 10.1 Å². The zero-order valence-electron chi connectivity index (χ0n) is 8.89. The van der Waals surface area contributed by atoms with Crippen LogP contribution in [-0.2, 0) is 4.94 Å². The summed E-state index contributed by atoms with van der Waals surface area (Å²) in [7, 11) is 0. The Balaban J connectivity index is 2.45. The Morgan fingerprint density at radius 3 is 2.72 bits per heavy atom. The van der Waals surface area contributed by atoms with E-state index in [0.717, 1.165) is 5.06 Å². The van der Waals surface area contributed by atoms with Crippen molar-refractivity contribution in [1.82, 2.24) is 5.23 Å². The van der Waals surface area contributed by atoms with E-state index in [2.05, 4.69) is 15.9 Å². The third-order valence-corrected chi connectivity index (χ3v) is 2.81. The molecule has 0 unspecified atom stereocenters. The molecule has 0 atom stereocenters. The van der Waals surface area contributed by atoms with Gasteiger partial charge < -0.3 is 11.5 Å². The molecule has 96 valence electrons. The van der Waals surface area contributed by atoms with E-state index >= 15 is 0 Å². The first kappa shape index (κ1) is 12.6. The molecule has 2 rings (SSSR count). The van der Waals surface area contributed by atoms with Gasteiger partial charge in [0.1, 0.15) is 11.7 Å². The summed E-state index contributed by atoms with van der Waals surface area (Å²) in [5, 5.41) is 18.0. The number of halogens is 2. The van der Waals surface area contributed by atoms with Crippen molar-refractivity contribution in [3.05, 3.63) is 40.0 Å². The van der Waals surface area contributed by atoms with Gasteiger partial charge in [0.05, 0.1) is 10.2 Å². The van der Waals surface area contributed by atoms with Crippen molar-refractivity contribution in [2.45, 2.75) is 0 Å². The molecular weight excluding hydrogens is 309 g/mol. The number of amidine groups is 1.